The smallest absolute Gasteiger partial charge is 0.243 e. The van der Waals surface area contributed by atoms with E-state index in [-0.39, 0.29) is 11.9 Å². The van der Waals surface area contributed by atoms with E-state index in [9.17, 15) is 4.79 Å². The summed E-state index contributed by atoms with van der Waals surface area (Å²) in [5, 5.41) is 7.22. The number of carbonyl (C=O) groups is 1. The summed E-state index contributed by atoms with van der Waals surface area (Å²) in [5.74, 6) is 1.42. The summed E-state index contributed by atoms with van der Waals surface area (Å²) in [6, 6.07) is 10.4. The summed E-state index contributed by atoms with van der Waals surface area (Å²) < 4.78 is 5.48. The lowest BCUT2D eigenvalue weighted by molar-refractivity contribution is -0.117. The molecule has 11 heteroatoms. The molecule has 5 heterocycles. The van der Waals surface area contributed by atoms with E-state index in [0.29, 0.717) is 32.3 Å². The Bertz CT molecular complexity index is 1410. The molecule has 0 aliphatic carbocycles. The maximum absolute atomic E-state index is 11.4. The number of amides is 1. The van der Waals surface area contributed by atoms with Gasteiger partial charge in [-0.15, -0.1) is 0 Å². The number of hydrogen-bond donors (Lipinski definition) is 3. The number of aromatic nitrogens is 5. The maximum Gasteiger partial charge on any atom is 0.243 e. The van der Waals surface area contributed by atoms with Crippen LogP contribution in [0.25, 0.3) is 22.3 Å². The van der Waals surface area contributed by atoms with Gasteiger partial charge in [-0.2, -0.15) is 0 Å². The minimum atomic E-state index is -0.160. The van der Waals surface area contributed by atoms with E-state index >= 15 is 0 Å². The van der Waals surface area contributed by atoms with Gasteiger partial charge in [0.15, 0.2) is 0 Å². The van der Waals surface area contributed by atoms with Crippen LogP contribution in [-0.2, 0) is 9.53 Å². The number of nitrogens with zero attached hydrogens (tertiary/aromatic N) is 6. The monoisotopic (exact) mass is 497 g/mol. The highest BCUT2D eigenvalue weighted by atomic mass is 16.5. The quantitative estimate of drug-likeness (QED) is 0.330. The Morgan fingerprint density at radius 3 is 2.51 bits per heavy atom. The summed E-state index contributed by atoms with van der Waals surface area (Å²) >= 11 is 0. The number of nitrogens with one attached hydrogen (secondary N) is 3. The SMILES string of the molecule is C=CC(=O)NC1CN(c2ncc(Nc3ccc(-c4cc5c(N6CCOCC6)ncnc5[nH]4)cc3)cn2)C1. The minimum absolute atomic E-state index is 0.0979. The fourth-order valence-electron chi connectivity index (χ4n) is 4.55. The van der Waals surface area contributed by atoms with E-state index in [2.05, 4.69) is 65.2 Å². The number of benzene rings is 1. The molecule has 2 aliphatic rings. The summed E-state index contributed by atoms with van der Waals surface area (Å²) in [5.41, 5.74) is 4.59. The summed E-state index contributed by atoms with van der Waals surface area (Å²) in [6.45, 7) is 7.90. The van der Waals surface area contributed by atoms with E-state index in [4.69, 9.17) is 4.74 Å². The van der Waals surface area contributed by atoms with Crippen molar-refractivity contribution in [1.82, 2.24) is 30.2 Å². The van der Waals surface area contributed by atoms with Gasteiger partial charge in [-0.05, 0) is 29.8 Å². The average Bonchev–Trinajstić information content (AvgIpc) is 3.36. The first-order valence-corrected chi connectivity index (χ1v) is 12.2. The van der Waals surface area contributed by atoms with Gasteiger partial charge in [0, 0.05) is 37.6 Å². The third-order valence-corrected chi connectivity index (χ3v) is 6.53. The largest absolute Gasteiger partial charge is 0.378 e. The molecule has 188 valence electrons. The van der Waals surface area contributed by atoms with Gasteiger partial charge >= 0.3 is 0 Å². The number of aromatic amines is 1. The first-order valence-electron chi connectivity index (χ1n) is 12.2. The standard InChI is InChI=1S/C26H27N9O2/c1-2-23(36)32-20-14-35(15-20)26-27-12-19(13-28-26)31-18-5-3-17(4-6-18)22-11-21-24(33-22)29-16-30-25(21)34-7-9-37-10-8-34/h2-6,11-13,16,20,31H,1,7-10,14-15H2,(H,32,36)(H,29,30,33). The van der Waals surface area contributed by atoms with E-state index in [1.165, 1.54) is 6.08 Å². The van der Waals surface area contributed by atoms with E-state index in [1.54, 1.807) is 18.7 Å². The van der Waals surface area contributed by atoms with Crippen molar-refractivity contribution in [3.63, 3.8) is 0 Å². The van der Waals surface area contributed by atoms with Crippen molar-refractivity contribution in [2.45, 2.75) is 6.04 Å². The first kappa shape index (κ1) is 22.9. The molecule has 0 atom stereocenters. The third-order valence-electron chi connectivity index (χ3n) is 6.53. The van der Waals surface area contributed by atoms with Gasteiger partial charge in [-0.25, -0.2) is 19.9 Å². The molecule has 6 rings (SSSR count). The predicted molar refractivity (Wildman–Crippen MR) is 142 cm³/mol. The molecule has 0 radical (unpaired) electrons. The molecule has 0 spiro atoms. The molecule has 2 aliphatic heterocycles. The van der Waals surface area contributed by atoms with Crippen molar-refractivity contribution in [1.29, 1.82) is 0 Å². The molecule has 4 aromatic rings. The Morgan fingerprint density at radius 2 is 1.78 bits per heavy atom. The van der Waals surface area contributed by atoms with Crippen molar-refractivity contribution in [2.24, 2.45) is 0 Å². The van der Waals surface area contributed by atoms with E-state index in [1.807, 2.05) is 17.0 Å². The molecule has 1 aromatic carbocycles. The molecule has 0 saturated carbocycles. The van der Waals surface area contributed by atoms with Crippen LogP contribution in [0, 0.1) is 0 Å². The van der Waals surface area contributed by atoms with Crippen molar-refractivity contribution in [2.75, 3.05) is 54.5 Å². The van der Waals surface area contributed by atoms with Gasteiger partial charge < -0.3 is 30.2 Å². The van der Waals surface area contributed by atoms with Crippen molar-refractivity contribution in [3.8, 4) is 11.3 Å². The molecule has 1 amide bonds. The van der Waals surface area contributed by atoms with Crippen LogP contribution in [0.2, 0.25) is 0 Å². The highest BCUT2D eigenvalue weighted by molar-refractivity contribution is 5.92. The lowest BCUT2D eigenvalue weighted by Gasteiger charge is -2.39. The molecular weight excluding hydrogens is 470 g/mol. The number of hydrogen-bond acceptors (Lipinski definition) is 9. The van der Waals surface area contributed by atoms with Crippen LogP contribution in [0.4, 0.5) is 23.1 Å². The lowest BCUT2D eigenvalue weighted by Crippen LogP contribution is -2.59. The second kappa shape index (κ2) is 9.86. The highest BCUT2D eigenvalue weighted by Crippen LogP contribution is 2.30. The molecule has 0 bridgehead atoms. The molecule has 37 heavy (non-hydrogen) atoms. The molecule has 2 fully saturated rings. The number of fused-ring (bicyclic) bond motifs is 1. The van der Waals surface area contributed by atoms with Crippen molar-refractivity contribution >= 4 is 40.1 Å². The minimum Gasteiger partial charge on any atom is -0.378 e. The van der Waals surface area contributed by atoms with E-state index < -0.39 is 0 Å². The van der Waals surface area contributed by atoms with Crippen LogP contribution < -0.4 is 20.4 Å². The molecule has 3 N–H and O–H groups in total. The number of carbonyl (C=O) groups excluding carboxylic acids is 1. The van der Waals surface area contributed by atoms with Crippen LogP contribution in [-0.4, -0.2) is 76.3 Å². The molecule has 3 aromatic heterocycles. The zero-order valence-electron chi connectivity index (χ0n) is 20.2. The lowest BCUT2D eigenvalue weighted by atomic mass is 10.1. The predicted octanol–water partition coefficient (Wildman–Crippen LogP) is 2.49. The van der Waals surface area contributed by atoms with Gasteiger partial charge in [0.25, 0.3) is 0 Å². The third kappa shape index (κ3) is 4.81. The zero-order chi connectivity index (χ0) is 25.2. The number of morpholine rings is 1. The normalized spacial score (nSPS) is 15.9. The average molecular weight is 498 g/mol. The first-order chi connectivity index (χ1) is 18.2. The molecule has 0 unspecified atom stereocenters. The number of rotatable bonds is 7. The Hall–Kier alpha value is -4.51. The number of ether oxygens (including phenoxy) is 1. The van der Waals surface area contributed by atoms with E-state index in [0.717, 1.165) is 52.6 Å². The molecule has 11 nitrogen and oxygen atoms in total. The van der Waals surface area contributed by atoms with Gasteiger partial charge in [0.1, 0.15) is 17.8 Å². The Kier molecular flexibility index (Phi) is 6.11. The van der Waals surface area contributed by atoms with Crippen LogP contribution in [0.15, 0.2) is 61.7 Å². The Morgan fingerprint density at radius 1 is 1.03 bits per heavy atom. The van der Waals surface area contributed by atoms with Gasteiger partial charge in [0.05, 0.1) is 42.7 Å². The van der Waals surface area contributed by atoms with Crippen LogP contribution in [0.3, 0.4) is 0 Å². The van der Waals surface area contributed by atoms with Gasteiger partial charge in [0.2, 0.25) is 11.9 Å². The molecular formula is C26H27N9O2. The summed E-state index contributed by atoms with van der Waals surface area (Å²) in [4.78, 5) is 37.0. The van der Waals surface area contributed by atoms with Crippen LogP contribution in [0.5, 0.6) is 0 Å². The fraction of sp³-hybridized carbons (Fsp3) is 0.269. The number of anilines is 4. The Labute approximate surface area is 213 Å². The Balaban J connectivity index is 1.10. The second-order valence-electron chi connectivity index (χ2n) is 9.03. The second-order valence-corrected chi connectivity index (χ2v) is 9.03. The summed E-state index contributed by atoms with van der Waals surface area (Å²) in [6.07, 6.45) is 6.41. The highest BCUT2D eigenvalue weighted by Gasteiger charge is 2.29. The number of H-pyrrole nitrogens is 1. The maximum atomic E-state index is 11.4. The van der Waals surface area contributed by atoms with Crippen LogP contribution >= 0.6 is 0 Å². The van der Waals surface area contributed by atoms with Crippen molar-refractivity contribution in [3.05, 3.63) is 61.7 Å². The van der Waals surface area contributed by atoms with Crippen LogP contribution in [0.1, 0.15) is 0 Å². The zero-order valence-corrected chi connectivity index (χ0v) is 20.2. The molecule has 2 saturated heterocycles. The van der Waals surface area contributed by atoms with Crippen molar-refractivity contribution < 1.29 is 9.53 Å². The van der Waals surface area contributed by atoms with Gasteiger partial charge in [-0.1, -0.05) is 18.7 Å². The topological polar surface area (TPSA) is 124 Å². The van der Waals surface area contributed by atoms with Gasteiger partial charge in [-0.3, -0.25) is 4.79 Å². The fourth-order valence-corrected chi connectivity index (χ4v) is 4.55. The summed E-state index contributed by atoms with van der Waals surface area (Å²) in [7, 11) is 0.